The van der Waals surface area contributed by atoms with E-state index in [2.05, 4.69) is 20.8 Å². The number of hydrogen-bond acceptors (Lipinski definition) is 7. The summed E-state index contributed by atoms with van der Waals surface area (Å²) < 4.78 is 23.4. The highest BCUT2D eigenvalue weighted by atomic mass is 16.6. The first-order chi connectivity index (χ1) is 16.4. The second-order valence-corrected chi connectivity index (χ2v) is 12.5. The number of hydrogen-bond donors (Lipinski definition) is 0. The number of fused-ring (bicyclic) bond motifs is 7. The summed E-state index contributed by atoms with van der Waals surface area (Å²) in [6.45, 7) is 12.0. The molecule has 0 N–H and O–H groups in total. The van der Waals surface area contributed by atoms with Crippen LogP contribution in [0.25, 0.3) is 0 Å². The van der Waals surface area contributed by atoms with Crippen molar-refractivity contribution in [1.29, 1.82) is 0 Å². The number of carbonyl (C=O) groups excluding carboxylic acids is 3. The first-order valence-corrected chi connectivity index (χ1v) is 12.7. The van der Waals surface area contributed by atoms with E-state index in [1.165, 1.54) is 6.92 Å². The summed E-state index contributed by atoms with van der Waals surface area (Å²) in [6.07, 6.45) is 5.62. The van der Waals surface area contributed by atoms with Crippen LogP contribution in [0.4, 0.5) is 0 Å². The predicted octanol–water partition coefficient (Wildman–Crippen LogP) is 4.56. The van der Waals surface area contributed by atoms with Gasteiger partial charge in [0.15, 0.2) is 5.78 Å². The maximum absolute atomic E-state index is 13.2. The van der Waals surface area contributed by atoms with Crippen molar-refractivity contribution in [2.24, 2.45) is 33.5 Å². The van der Waals surface area contributed by atoms with Crippen LogP contribution < -0.4 is 0 Å². The Bertz CT molecular complexity index is 1150. The molecule has 9 atom stereocenters. The van der Waals surface area contributed by atoms with Crippen molar-refractivity contribution in [1.82, 2.24) is 0 Å². The van der Waals surface area contributed by atoms with E-state index < -0.39 is 28.5 Å². The number of Topliss-reactive ketones (excluding diaryl/α,β-unsaturated/α-hetero) is 1. The lowest BCUT2D eigenvalue weighted by atomic mass is 9.37. The van der Waals surface area contributed by atoms with E-state index in [9.17, 15) is 14.4 Å². The number of ether oxygens (including phenoxy) is 3. The van der Waals surface area contributed by atoms with Gasteiger partial charge in [-0.3, -0.25) is 9.59 Å². The summed E-state index contributed by atoms with van der Waals surface area (Å²) in [5.74, 6) is -0.526. The van der Waals surface area contributed by atoms with Gasteiger partial charge in [0.2, 0.25) is 0 Å². The van der Waals surface area contributed by atoms with Crippen molar-refractivity contribution >= 4 is 17.7 Å². The van der Waals surface area contributed by atoms with Crippen LogP contribution in [-0.4, -0.2) is 36.0 Å². The summed E-state index contributed by atoms with van der Waals surface area (Å²) in [5.41, 5.74) is -0.171. The van der Waals surface area contributed by atoms with Gasteiger partial charge in [0.25, 0.3) is 0 Å². The molecule has 188 valence electrons. The van der Waals surface area contributed by atoms with Crippen LogP contribution in [0.2, 0.25) is 0 Å². The second kappa shape index (κ2) is 6.87. The van der Waals surface area contributed by atoms with Gasteiger partial charge in [-0.25, -0.2) is 4.79 Å². The smallest absolute Gasteiger partial charge is 0.331 e. The van der Waals surface area contributed by atoms with Gasteiger partial charge in [-0.05, 0) is 42.7 Å². The van der Waals surface area contributed by atoms with E-state index in [1.807, 2.05) is 19.9 Å². The van der Waals surface area contributed by atoms with Crippen LogP contribution >= 0.6 is 0 Å². The van der Waals surface area contributed by atoms with Crippen molar-refractivity contribution in [2.75, 3.05) is 0 Å². The van der Waals surface area contributed by atoms with Crippen molar-refractivity contribution < 1.29 is 33.0 Å². The van der Waals surface area contributed by atoms with Gasteiger partial charge in [-0.2, -0.15) is 0 Å². The number of furan rings is 1. The third-order valence-electron chi connectivity index (χ3n) is 10.6. The quantitative estimate of drug-likeness (QED) is 0.450. The second-order valence-electron chi connectivity index (χ2n) is 12.5. The minimum atomic E-state index is -0.613. The lowest BCUT2D eigenvalue weighted by Crippen LogP contribution is -2.68. The average molecular weight is 483 g/mol. The van der Waals surface area contributed by atoms with E-state index in [1.54, 1.807) is 18.6 Å². The van der Waals surface area contributed by atoms with Gasteiger partial charge < -0.3 is 18.6 Å². The van der Waals surface area contributed by atoms with Crippen LogP contribution in [0, 0.1) is 33.5 Å². The zero-order valence-electron chi connectivity index (χ0n) is 21.3. The molecule has 4 fully saturated rings. The number of esters is 2. The summed E-state index contributed by atoms with van der Waals surface area (Å²) in [7, 11) is 0. The van der Waals surface area contributed by atoms with Gasteiger partial charge >= 0.3 is 11.9 Å². The number of ketones is 1. The molecule has 1 aromatic heterocycles. The molecule has 0 amide bonds. The normalized spacial score (nSPS) is 47.3. The Kier molecular flexibility index (Phi) is 4.52. The Labute approximate surface area is 205 Å². The summed E-state index contributed by atoms with van der Waals surface area (Å²) in [6, 6.07) is 1.85. The highest BCUT2D eigenvalue weighted by Gasteiger charge is 2.77. The zero-order chi connectivity index (χ0) is 25.1. The molecule has 0 spiro atoms. The van der Waals surface area contributed by atoms with Crippen LogP contribution in [0.1, 0.15) is 72.5 Å². The summed E-state index contributed by atoms with van der Waals surface area (Å²) >= 11 is 0. The van der Waals surface area contributed by atoms with Crippen molar-refractivity contribution in [3.05, 3.63) is 35.8 Å². The van der Waals surface area contributed by atoms with Gasteiger partial charge in [0, 0.05) is 40.2 Å². The molecule has 0 bridgehead atoms. The topological polar surface area (TPSA) is 95.3 Å². The fourth-order valence-corrected chi connectivity index (χ4v) is 9.01. The monoisotopic (exact) mass is 482 g/mol. The molecule has 1 saturated heterocycles. The van der Waals surface area contributed by atoms with E-state index in [4.69, 9.17) is 18.6 Å². The molecule has 2 unspecified atom stereocenters. The molecule has 3 aliphatic carbocycles. The third kappa shape index (κ3) is 2.73. The highest BCUT2D eigenvalue weighted by Crippen LogP contribution is 2.74. The van der Waals surface area contributed by atoms with E-state index >= 15 is 0 Å². The third-order valence-corrected chi connectivity index (χ3v) is 10.6. The SMILES string of the molecule is CC(=O)O[C@@H]1CC2C(C)(C)C(=O)[C@H]3O[C@H]3[C@]2(C)C2CC[C@@]3(C)C(=CC(=O)O[C@@H]3c3ccoc3)[C@@]21C. The molecule has 1 aromatic rings. The van der Waals surface area contributed by atoms with Crippen LogP contribution in [0.5, 0.6) is 0 Å². The van der Waals surface area contributed by atoms with Crippen molar-refractivity contribution in [3.8, 4) is 0 Å². The molecule has 0 radical (unpaired) electrons. The van der Waals surface area contributed by atoms with Gasteiger partial charge in [-0.15, -0.1) is 0 Å². The Hall–Kier alpha value is -2.41. The van der Waals surface area contributed by atoms with Gasteiger partial charge in [-0.1, -0.05) is 34.6 Å². The van der Waals surface area contributed by atoms with Crippen LogP contribution in [0.15, 0.2) is 34.7 Å². The molecule has 2 aliphatic heterocycles. The number of carbonyl (C=O) groups is 3. The Balaban J connectivity index is 1.53. The molecule has 3 heterocycles. The molecule has 7 heteroatoms. The zero-order valence-corrected chi connectivity index (χ0v) is 21.3. The molecule has 35 heavy (non-hydrogen) atoms. The first-order valence-electron chi connectivity index (χ1n) is 12.7. The molecule has 5 aliphatic rings. The van der Waals surface area contributed by atoms with E-state index in [0.29, 0.717) is 6.42 Å². The number of rotatable bonds is 2. The van der Waals surface area contributed by atoms with Crippen molar-refractivity contribution in [2.45, 2.75) is 85.2 Å². The Morgan fingerprint density at radius 2 is 1.86 bits per heavy atom. The fourth-order valence-electron chi connectivity index (χ4n) is 9.01. The van der Waals surface area contributed by atoms with Crippen molar-refractivity contribution in [3.63, 3.8) is 0 Å². The highest BCUT2D eigenvalue weighted by molar-refractivity contribution is 5.93. The maximum Gasteiger partial charge on any atom is 0.331 e. The fraction of sp³-hybridized carbons (Fsp3) is 0.679. The molecule has 7 nitrogen and oxygen atoms in total. The number of epoxide rings is 1. The van der Waals surface area contributed by atoms with Crippen LogP contribution in [-0.2, 0) is 28.6 Å². The maximum atomic E-state index is 13.2. The predicted molar refractivity (Wildman–Crippen MR) is 124 cm³/mol. The largest absolute Gasteiger partial charge is 0.472 e. The molecule has 6 rings (SSSR count). The summed E-state index contributed by atoms with van der Waals surface area (Å²) in [5, 5.41) is 0. The molecular weight excluding hydrogens is 448 g/mol. The Morgan fingerprint density at radius 3 is 2.51 bits per heavy atom. The molecular formula is C28H34O7. The minimum absolute atomic E-state index is 0.00107. The lowest BCUT2D eigenvalue weighted by Gasteiger charge is -2.67. The van der Waals surface area contributed by atoms with Crippen LogP contribution in [0.3, 0.4) is 0 Å². The molecule has 0 aromatic carbocycles. The summed E-state index contributed by atoms with van der Waals surface area (Å²) in [4.78, 5) is 38.6. The van der Waals surface area contributed by atoms with Gasteiger partial charge in [0.05, 0.1) is 18.6 Å². The number of cyclic esters (lactones) is 1. The van der Waals surface area contributed by atoms with Gasteiger partial charge in [0.1, 0.15) is 18.3 Å². The first kappa shape index (κ1) is 23.0. The Morgan fingerprint density at radius 1 is 1.11 bits per heavy atom. The minimum Gasteiger partial charge on any atom is -0.472 e. The lowest BCUT2D eigenvalue weighted by molar-refractivity contribution is -0.209. The van der Waals surface area contributed by atoms with E-state index in [-0.39, 0.29) is 47.2 Å². The average Bonchev–Trinajstić information content (AvgIpc) is 3.41. The molecule has 3 saturated carbocycles. The van der Waals surface area contributed by atoms with E-state index in [0.717, 1.165) is 24.0 Å². The standard InChI is InChI=1S/C28H34O7/c1-14(29)33-19-11-17-25(2,3)22(31)21-24(35-21)28(17,6)16-7-9-26(4)18(27(16,19)5)12-20(30)34-23(26)15-8-10-32-13-15/h8,10,12-13,16-17,19,21,23-24H,7,9,11H2,1-6H3/t16?,17?,19-,21-,23-,24-,26+,27-,28-/m1/s1.